The van der Waals surface area contributed by atoms with Crippen molar-refractivity contribution in [2.45, 2.75) is 37.3 Å². The number of hydrogen-bond acceptors (Lipinski definition) is 3. The van der Waals surface area contributed by atoms with Gasteiger partial charge in [0.25, 0.3) is 0 Å². The molecule has 0 amide bonds. The minimum absolute atomic E-state index is 0.160. The lowest BCUT2D eigenvalue weighted by molar-refractivity contribution is 0.327. The summed E-state index contributed by atoms with van der Waals surface area (Å²) in [6.45, 7) is 0. The number of aromatic nitrogens is 2. The molecule has 3 nitrogen and oxygen atoms in total. The van der Waals surface area contributed by atoms with E-state index in [9.17, 15) is 0 Å². The highest BCUT2D eigenvalue weighted by Crippen LogP contribution is 2.38. The van der Waals surface area contributed by atoms with Gasteiger partial charge in [-0.3, -0.25) is 4.98 Å². The summed E-state index contributed by atoms with van der Waals surface area (Å²) < 4.78 is 6.08. The predicted octanol–water partition coefficient (Wildman–Crippen LogP) is 5.20. The van der Waals surface area contributed by atoms with E-state index in [0.29, 0.717) is 5.71 Å². The molecule has 1 saturated carbocycles. The van der Waals surface area contributed by atoms with Gasteiger partial charge in [-0.2, -0.15) is 0 Å². The molecule has 1 aliphatic carbocycles. The Labute approximate surface area is 190 Å². The van der Waals surface area contributed by atoms with Gasteiger partial charge in [-0.25, -0.2) is 4.98 Å². The van der Waals surface area contributed by atoms with Crippen molar-refractivity contribution >= 4 is 48.7 Å². The fourth-order valence-corrected chi connectivity index (χ4v) is 5.51. The Balaban J connectivity index is 1.44. The van der Waals surface area contributed by atoms with Gasteiger partial charge < -0.3 is 4.42 Å². The molecular weight excluding hydrogens is 390 g/mol. The van der Waals surface area contributed by atoms with Crippen LogP contribution in [0.25, 0.3) is 44.2 Å². The average molecular weight is 416 g/mol. The first-order valence-electron chi connectivity index (χ1n) is 11.8. The maximum absolute atomic E-state index is 6.08. The van der Waals surface area contributed by atoms with Crippen LogP contribution in [-0.2, 0) is 5.21 Å². The van der Waals surface area contributed by atoms with Crippen molar-refractivity contribution in [3.8, 4) is 11.3 Å². The molecule has 5 heteroatoms. The highest BCUT2D eigenvalue weighted by Gasteiger charge is 2.32. The Morgan fingerprint density at radius 2 is 1.72 bits per heavy atom. The van der Waals surface area contributed by atoms with Crippen LogP contribution in [0.1, 0.15) is 37.7 Å². The van der Waals surface area contributed by atoms with E-state index >= 15 is 0 Å². The molecule has 3 heterocycles. The van der Waals surface area contributed by atoms with Crippen LogP contribution >= 0.6 is 0 Å². The number of hydrogen-bond donors (Lipinski definition) is 0. The minimum Gasteiger partial charge on any atom is -0.438 e. The summed E-state index contributed by atoms with van der Waals surface area (Å²) in [5.74, 6) is 0.742. The van der Waals surface area contributed by atoms with E-state index in [1.807, 2.05) is 24.4 Å². The Bertz CT molecular complexity index is 1450. The van der Waals surface area contributed by atoms with Crippen molar-refractivity contribution in [1.29, 1.82) is 0 Å². The van der Waals surface area contributed by atoms with Crippen LogP contribution in [0.2, 0.25) is 0 Å². The second-order valence-electron chi connectivity index (χ2n) is 9.83. The number of benzene rings is 2. The van der Waals surface area contributed by atoms with Crippen molar-refractivity contribution in [3.05, 3.63) is 72.4 Å². The Hall–Kier alpha value is -3.07. The number of pyridine rings is 2. The largest absolute Gasteiger partial charge is 0.438 e. The summed E-state index contributed by atoms with van der Waals surface area (Å²) in [4.78, 5) is 9.48. The third-order valence-electron chi connectivity index (χ3n) is 7.59. The van der Waals surface area contributed by atoms with Crippen LogP contribution in [-0.4, -0.2) is 25.7 Å². The van der Waals surface area contributed by atoms with Crippen molar-refractivity contribution < 1.29 is 4.42 Å². The number of para-hydroxylation sites is 1. The zero-order valence-corrected chi connectivity index (χ0v) is 18.8. The third kappa shape index (κ3) is 3.22. The first kappa shape index (κ1) is 19.6. The van der Waals surface area contributed by atoms with Gasteiger partial charge in [-0.15, -0.1) is 0 Å². The van der Waals surface area contributed by atoms with E-state index in [-0.39, 0.29) is 5.21 Å². The van der Waals surface area contributed by atoms with E-state index < -0.39 is 0 Å². The van der Waals surface area contributed by atoms with Crippen LogP contribution < -0.4 is 0 Å². The standard InChI is InChI=1S/C27H26B2N2O/c28-27(29,19-7-2-1-3-8-19)20-12-13-30-24(16-20)18-10-11-25-21(14-18)22-15-17-6-4-5-9-23(17)31-26(22)32-25/h4-6,9-16,19H,1-3,7-8,28-29H2. The molecule has 0 atom stereocenters. The molecule has 5 aromatic rings. The zero-order chi connectivity index (χ0) is 21.7. The maximum atomic E-state index is 6.08. The summed E-state index contributed by atoms with van der Waals surface area (Å²) in [6, 6.07) is 21.2. The molecule has 32 heavy (non-hydrogen) atoms. The molecule has 1 fully saturated rings. The molecular formula is C27H26B2N2O. The molecule has 0 unspecified atom stereocenters. The third-order valence-corrected chi connectivity index (χ3v) is 7.59. The van der Waals surface area contributed by atoms with Gasteiger partial charge in [0.2, 0.25) is 5.71 Å². The van der Waals surface area contributed by atoms with Gasteiger partial charge in [0, 0.05) is 27.9 Å². The van der Waals surface area contributed by atoms with E-state index in [4.69, 9.17) is 14.4 Å². The molecule has 2 aromatic carbocycles. The minimum atomic E-state index is 0.160. The molecule has 0 radical (unpaired) electrons. The molecule has 0 N–H and O–H groups in total. The number of nitrogens with zero attached hydrogens (tertiary/aromatic N) is 2. The Morgan fingerprint density at radius 3 is 2.59 bits per heavy atom. The highest BCUT2D eigenvalue weighted by molar-refractivity contribution is 6.40. The van der Waals surface area contributed by atoms with Crippen molar-refractivity contribution in [2.24, 2.45) is 5.92 Å². The quantitative estimate of drug-likeness (QED) is 0.380. The zero-order valence-electron chi connectivity index (χ0n) is 18.8. The molecule has 1 aliphatic rings. The lowest BCUT2D eigenvalue weighted by atomic mass is 9.43. The normalized spacial score (nSPS) is 15.6. The molecule has 0 spiro atoms. The highest BCUT2D eigenvalue weighted by atomic mass is 16.3. The van der Waals surface area contributed by atoms with Gasteiger partial charge >= 0.3 is 0 Å². The van der Waals surface area contributed by atoms with E-state index in [1.165, 1.54) is 37.7 Å². The van der Waals surface area contributed by atoms with Crippen molar-refractivity contribution in [1.82, 2.24) is 9.97 Å². The molecule has 3 aromatic heterocycles. The van der Waals surface area contributed by atoms with Gasteiger partial charge in [0.1, 0.15) is 21.3 Å². The van der Waals surface area contributed by atoms with Gasteiger partial charge in [0.15, 0.2) is 0 Å². The number of rotatable bonds is 3. The number of fused-ring (bicyclic) bond motifs is 4. The summed E-state index contributed by atoms with van der Waals surface area (Å²) in [5.41, 5.74) is 6.05. The summed E-state index contributed by atoms with van der Waals surface area (Å²) >= 11 is 0. The molecule has 0 saturated heterocycles. The van der Waals surface area contributed by atoms with Gasteiger partial charge in [-0.1, -0.05) is 61.1 Å². The second kappa shape index (κ2) is 7.51. The second-order valence-corrected chi connectivity index (χ2v) is 9.83. The van der Waals surface area contributed by atoms with Crippen molar-refractivity contribution in [3.63, 3.8) is 0 Å². The topological polar surface area (TPSA) is 38.9 Å². The summed E-state index contributed by atoms with van der Waals surface area (Å²) in [7, 11) is 4.82. The maximum Gasteiger partial charge on any atom is 0.227 e. The summed E-state index contributed by atoms with van der Waals surface area (Å²) in [5, 5.41) is 3.43. The van der Waals surface area contributed by atoms with Crippen LogP contribution in [0.4, 0.5) is 0 Å². The lowest BCUT2D eigenvalue weighted by Gasteiger charge is -2.38. The average Bonchev–Trinajstić information content (AvgIpc) is 3.20. The van der Waals surface area contributed by atoms with Gasteiger partial charge in [-0.05, 0) is 48.4 Å². The van der Waals surface area contributed by atoms with Crippen LogP contribution in [0, 0.1) is 5.92 Å². The molecule has 0 aliphatic heterocycles. The van der Waals surface area contributed by atoms with E-state index in [2.05, 4.69) is 58.2 Å². The van der Waals surface area contributed by atoms with E-state index in [0.717, 1.165) is 44.4 Å². The Kier molecular flexibility index (Phi) is 4.60. The first-order chi connectivity index (χ1) is 15.6. The van der Waals surface area contributed by atoms with Gasteiger partial charge in [0.05, 0.1) is 11.2 Å². The SMILES string of the molecule is BC(B)(c1ccnc(-c2ccc3oc4nc5ccccc5cc4c3c2)c1)C1CCCCC1. The van der Waals surface area contributed by atoms with E-state index in [1.54, 1.807) is 0 Å². The summed E-state index contributed by atoms with van der Waals surface area (Å²) in [6.07, 6.45) is 8.74. The molecule has 6 rings (SSSR count). The monoisotopic (exact) mass is 416 g/mol. The molecule has 0 bridgehead atoms. The number of furan rings is 1. The first-order valence-corrected chi connectivity index (χ1v) is 11.8. The fraction of sp³-hybridized carbons (Fsp3) is 0.259. The predicted molar refractivity (Wildman–Crippen MR) is 138 cm³/mol. The van der Waals surface area contributed by atoms with Crippen LogP contribution in [0.15, 0.2) is 71.3 Å². The van der Waals surface area contributed by atoms with Crippen LogP contribution in [0.5, 0.6) is 0 Å². The van der Waals surface area contributed by atoms with Crippen LogP contribution in [0.3, 0.4) is 0 Å². The molecule has 156 valence electrons. The Morgan fingerprint density at radius 1 is 0.875 bits per heavy atom. The fourth-order valence-electron chi connectivity index (χ4n) is 5.51. The van der Waals surface area contributed by atoms with Crippen molar-refractivity contribution in [2.75, 3.05) is 0 Å². The smallest absolute Gasteiger partial charge is 0.227 e. The lowest BCUT2D eigenvalue weighted by Crippen LogP contribution is -2.37.